The molecular weight excluding hydrogens is 380 g/mol. The van der Waals surface area contributed by atoms with Crippen LogP contribution in [0.5, 0.6) is 0 Å². The van der Waals surface area contributed by atoms with Crippen molar-refractivity contribution in [3.8, 4) is 0 Å². The van der Waals surface area contributed by atoms with E-state index in [4.69, 9.17) is 11.5 Å². The highest BCUT2D eigenvalue weighted by Crippen LogP contribution is 2.30. The van der Waals surface area contributed by atoms with Crippen LogP contribution in [0.25, 0.3) is 16.6 Å². The largest absolute Gasteiger partial charge is 0.404 e. The Morgan fingerprint density at radius 3 is 2.80 bits per heavy atom. The number of nitrogens with two attached hydrogens (primary N) is 2. The Hall–Kier alpha value is -4.01. The van der Waals surface area contributed by atoms with Crippen LogP contribution in [0.15, 0.2) is 60.2 Å². The van der Waals surface area contributed by atoms with Gasteiger partial charge < -0.3 is 26.7 Å². The highest BCUT2D eigenvalue weighted by molar-refractivity contribution is 6.12. The number of imidazole rings is 1. The molecule has 30 heavy (non-hydrogen) atoms. The van der Waals surface area contributed by atoms with Gasteiger partial charge in [0.15, 0.2) is 0 Å². The molecule has 9 heteroatoms. The Morgan fingerprint density at radius 1 is 1.40 bits per heavy atom. The number of hydrogen-bond donors (Lipinski definition) is 5. The third kappa shape index (κ3) is 5.74. The van der Waals surface area contributed by atoms with Crippen LogP contribution in [0.1, 0.15) is 19.4 Å². The molecule has 0 unspecified atom stereocenters. The van der Waals surface area contributed by atoms with E-state index >= 15 is 0 Å². The Balaban J connectivity index is 2.58. The minimum absolute atomic E-state index is 0.178. The van der Waals surface area contributed by atoms with Crippen molar-refractivity contribution in [3.63, 3.8) is 0 Å². The molecule has 0 atom stereocenters. The van der Waals surface area contributed by atoms with E-state index in [-0.39, 0.29) is 11.9 Å². The van der Waals surface area contributed by atoms with Gasteiger partial charge in [-0.25, -0.2) is 14.8 Å². The maximum atomic E-state index is 11.9. The van der Waals surface area contributed by atoms with E-state index in [1.807, 2.05) is 62.4 Å². The molecule has 1 heterocycles. The maximum absolute atomic E-state index is 11.9. The van der Waals surface area contributed by atoms with Gasteiger partial charge in [-0.1, -0.05) is 18.7 Å². The van der Waals surface area contributed by atoms with Gasteiger partial charge in [-0.3, -0.25) is 5.32 Å². The fourth-order valence-electron chi connectivity index (χ4n) is 2.64. The summed E-state index contributed by atoms with van der Waals surface area (Å²) >= 11 is 0. The first kappa shape index (κ1) is 22.3. The van der Waals surface area contributed by atoms with Gasteiger partial charge >= 0.3 is 6.03 Å². The summed E-state index contributed by atoms with van der Waals surface area (Å²) in [5.41, 5.74) is 15.0. The molecule has 2 aromatic rings. The molecule has 0 aliphatic heterocycles. The maximum Gasteiger partial charge on any atom is 0.321 e. The smallest absolute Gasteiger partial charge is 0.321 e. The number of nitrogens with zero attached hydrogens (tertiary/aromatic N) is 3. The summed E-state index contributed by atoms with van der Waals surface area (Å²) in [6.07, 6.45) is 10.7. The zero-order valence-corrected chi connectivity index (χ0v) is 17.4. The lowest BCUT2D eigenvalue weighted by Crippen LogP contribution is -2.28. The highest BCUT2D eigenvalue weighted by atomic mass is 16.2. The van der Waals surface area contributed by atoms with Crippen LogP contribution in [-0.4, -0.2) is 35.8 Å². The molecule has 0 bridgehead atoms. The Labute approximate surface area is 175 Å². The molecule has 0 saturated carbocycles. The number of aromatic nitrogens is 2. The highest BCUT2D eigenvalue weighted by Gasteiger charge is 2.14. The van der Waals surface area contributed by atoms with Crippen LogP contribution >= 0.6 is 0 Å². The molecule has 2 rings (SSSR count). The summed E-state index contributed by atoms with van der Waals surface area (Å²) in [4.78, 5) is 25.5. The third-order valence-corrected chi connectivity index (χ3v) is 4.01. The van der Waals surface area contributed by atoms with Gasteiger partial charge in [0.05, 0.1) is 11.2 Å². The second-order valence-corrected chi connectivity index (χ2v) is 6.31. The minimum atomic E-state index is -0.337. The molecule has 0 radical (unpaired) electrons. The standard InChI is InChI=1S/C21H28N8O/c1-5-7-8-9-29(4)18-11-15(16(12-22)13-25-14(3)23)10-17-19(18)27-20(26-17)28-21(30)24-6-2/h5,7-13H,3,6,22-23H2,1-2,4H3,(H3,24,26,27,28,30)/b7-5?,9-8-,16-12+,25-13?. The lowest BCUT2D eigenvalue weighted by molar-refractivity contribution is 0.252. The van der Waals surface area contributed by atoms with E-state index in [1.165, 1.54) is 6.20 Å². The van der Waals surface area contributed by atoms with Gasteiger partial charge in [-0.15, -0.1) is 0 Å². The number of allylic oxidation sites excluding steroid dienone is 4. The molecule has 0 aliphatic carbocycles. The number of nitrogens with one attached hydrogen (secondary N) is 3. The molecule has 1 aromatic carbocycles. The van der Waals surface area contributed by atoms with Crippen molar-refractivity contribution in [3.05, 3.63) is 60.7 Å². The molecule has 9 nitrogen and oxygen atoms in total. The molecule has 0 saturated heterocycles. The monoisotopic (exact) mass is 408 g/mol. The first-order valence-corrected chi connectivity index (χ1v) is 9.41. The van der Waals surface area contributed by atoms with Gasteiger partial charge in [-0.2, -0.15) is 0 Å². The van der Waals surface area contributed by atoms with Crippen LogP contribution in [-0.2, 0) is 0 Å². The molecule has 0 fully saturated rings. The van der Waals surface area contributed by atoms with Crippen molar-refractivity contribution >= 4 is 40.5 Å². The number of anilines is 2. The number of H-pyrrole nitrogens is 1. The van der Waals surface area contributed by atoms with Gasteiger partial charge in [0.25, 0.3) is 0 Å². The van der Waals surface area contributed by atoms with Crippen molar-refractivity contribution in [2.24, 2.45) is 16.5 Å². The predicted molar refractivity (Wildman–Crippen MR) is 125 cm³/mol. The van der Waals surface area contributed by atoms with Gasteiger partial charge in [0.2, 0.25) is 5.95 Å². The van der Waals surface area contributed by atoms with E-state index in [0.29, 0.717) is 23.6 Å². The predicted octanol–water partition coefficient (Wildman–Crippen LogP) is 3.03. The number of carbonyl (C=O) groups excluding carboxylic acids is 1. The Kier molecular flexibility index (Phi) is 7.81. The molecule has 1 aromatic heterocycles. The first-order chi connectivity index (χ1) is 14.4. The quantitative estimate of drug-likeness (QED) is 0.338. The number of hydrogen-bond acceptors (Lipinski definition) is 6. The van der Waals surface area contributed by atoms with Crippen molar-refractivity contribution in [2.45, 2.75) is 13.8 Å². The van der Waals surface area contributed by atoms with Crippen molar-refractivity contribution in [1.82, 2.24) is 15.3 Å². The van der Waals surface area contributed by atoms with E-state index in [9.17, 15) is 4.79 Å². The summed E-state index contributed by atoms with van der Waals surface area (Å²) in [7, 11) is 1.91. The number of aliphatic imine (C=N–C) groups is 1. The minimum Gasteiger partial charge on any atom is -0.404 e. The zero-order valence-electron chi connectivity index (χ0n) is 17.4. The van der Waals surface area contributed by atoms with Crippen LogP contribution in [0.4, 0.5) is 16.4 Å². The SMILES string of the molecule is C=C(N)N=C/C(=C\N)c1cc(N(C)/C=C\C=CC)c2nc(NC(=O)NCC)[nH]c2c1. The van der Waals surface area contributed by atoms with Gasteiger partial charge in [0, 0.05) is 37.8 Å². The fraction of sp³-hybridized carbons (Fsp3) is 0.190. The number of carbonyl (C=O) groups is 1. The Morgan fingerprint density at radius 2 is 2.17 bits per heavy atom. The van der Waals surface area contributed by atoms with E-state index in [2.05, 4.69) is 32.2 Å². The van der Waals surface area contributed by atoms with Crippen LogP contribution in [0, 0.1) is 0 Å². The third-order valence-electron chi connectivity index (χ3n) is 4.01. The average molecular weight is 409 g/mol. The lowest BCUT2D eigenvalue weighted by Gasteiger charge is -2.16. The van der Waals surface area contributed by atoms with E-state index < -0.39 is 0 Å². The summed E-state index contributed by atoms with van der Waals surface area (Å²) in [5.74, 6) is 0.513. The number of urea groups is 1. The summed E-state index contributed by atoms with van der Waals surface area (Å²) in [6, 6.07) is 3.47. The molecular formula is C21H28N8O. The van der Waals surface area contributed by atoms with Crippen LogP contribution in [0.3, 0.4) is 0 Å². The molecule has 0 aliphatic rings. The molecule has 7 N–H and O–H groups in total. The second-order valence-electron chi connectivity index (χ2n) is 6.31. The second kappa shape index (κ2) is 10.5. The number of fused-ring (bicyclic) bond motifs is 1. The first-order valence-electron chi connectivity index (χ1n) is 9.41. The van der Waals surface area contributed by atoms with Crippen LogP contribution in [0.2, 0.25) is 0 Å². The molecule has 0 spiro atoms. The number of aromatic amines is 1. The van der Waals surface area contributed by atoms with Crippen molar-refractivity contribution in [1.29, 1.82) is 0 Å². The van der Waals surface area contributed by atoms with Crippen molar-refractivity contribution < 1.29 is 4.79 Å². The summed E-state index contributed by atoms with van der Waals surface area (Å²) in [6.45, 7) is 7.86. The summed E-state index contributed by atoms with van der Waals surface area (Å²) < 4.78 is 0. The van der Waals surface area contributed by atoms with Crippen molar-refractivity contribution in [2.75, 3.05) is 23.8 Å². The van der Waals surface area contributed by atoms with Crippen LogP contribution < -0.4 is 27.0 Å². The molecule has 2 amide bonds. The van der Waals surface area contributed by atoms with E-state index in [1.54, 1.807) is 6.21 Å². The molecule has 158 valence electrons. The van der Waals surface area contributed by atoms with Gasteiger partial charge in [0.1, 0.15) is 11.3 Å². The number of benzene rings is 1. The average Bonchev–Trinajstić information content (AvgIpc) is 3.10. The topological polar surface area (TPSA) is 137 Å². The van der Waals surface area contributed by atoms with Gasteiger partial charge in [-0.05, 0) is 37.6 Å². The van der Waals surface area contributed by atoms with E-state index in [0.717, 1.165) is 16.8 Å². The number of rotatable bonds is 8. The Bertz CT molecular complexity index is 1030. The zero-order chi connectivity index (χ0) is 22.1. The lowest BCUT2D eigenvalue weighted by atomic mass is 10.1. The number of amides is 2. The normalized spacial score (nSPS) is 12.3. The fourth-order valence-corrected chi connectivity index (χ4v) is 2.64. The summed E-state index contributed by atoms with van der Waals surface area (Å²) in [5, 5.41) is 5.37.